The Hall–Kier alpha value is -3.52. The third kappa shape index (κ3) is 5.59. The molecule has 0 aliphatic rings. The molecule has 186 valence electrons. The summed E-state index contributed by atoms with van der Waals surface area (Å²) in [6.07, 6.45) is 0. The van der Waals surface area contributed by atoms with Gasteiger partial charge in [0.1, 0.15) is 11.5 Å². The van der Waals surface area contributed by atoms with Gasteiger partial charge >= 0.3 is 0 Å². The van der Waals surface area contributed by atoms with Crippen LogP contribution in [0.3, 0.4) is 0 Å². The van der Waals surface area contributed by atoms with E-state index >= 15 is 0 Å². The van der Waals surface area contributed by atoms with Crippen LogP contribution in [-0.4, -0.2) is 26.6 Å². The van der Waals surface area contributed by atoms with Crippen LogP contribution in [0, 0.1) is 5.82 Å². The summed E-state index contributed by atoms with van der Waals surface area (Å²) in [6.45, 7) is 0.537. The van der Waals surface area contributed by atoms with E-state index in [1.807, 2.05) is 54.6 Å². The molecular formula is C29H23BrClFN4O. The number of rotatable bonds is 8. The van der Waals surface area contributed by atoms with Crippen LogP contribution < -0.4 is 5.32 Å². The van der Waals surface area contributed by atoms with E-state index in [0.717, 1.165) is 15.6 Å². The first kappa shape index (κ1) is 25.1. The lowest BCUT2D eigenvalue weighted by atomic mass is 9.87. The summed E-state index contributed by atoms with van der Waals surface area (Å²) in [5.74, 6) is -0.333. The number of nitrogens with zero attached hydrogens (tertiary/aromatic N) is 3. The van der Waals surface area contributed by atoms with Gasteiger partial charge in [0.25, 0.3) is 0 Å². The zero-order chi connectivity index (χ0) is 25.8. The highest BCUT2D eigenvalue weighted by Gasteiger charge is 2.38. The van der Waals surface area contributed by atoms with Crippen LogP contribution in [0.2, 0.25) is 5.02 Å². The quantitative estimate of drug-likeness (QED) is 0.211. The molecule has 1 unspecified atom stereocenters. The van der Waals surface area contributed by atoms with Crippen molar-refractivity contribution in [2.24, 2.45) is 0 Å². The molecule has 0 spiro atoms. The molecule has 0 saturated carbocycles. The smallest absolute Gasteiger partial charge is 0.153 e. The molecule has 5 rings (SSSR count). The number of hydrogen-bond donors (Lipinski definition) is 2. The lowest BCUT2D eigenvalue weighted by molar-refractivity contribution is 0.0907. The minimum atomic E-state index is -1.59. The SMILES string of the molecule is OC(CNc1ccc(F)cc1)(c1ccc(Cl)cc1)c1nnn(Cc2ccccc2)c1-c1ccc(Br)cc1. The Bertz CT molecular complexity index is 1480. The highest BCUT2D eigenvalue weighted by molar-refractivity contribution is 9.10. The Morgan fingerprint density at radius 3 is 2.24 bits per heavy atom. The Morgan fingerprint density at radius 2 is 1.57 bits per heavy atom. The van der Waals surface area contributed by atoms with Crippen molar-refractivity contribution in [3.63, 3.8) is 0 Å². The van der Waals surface area contributed by atoms with E-state index < -0.39 is 5.60 Å². The van der Waals surface area contributed by atoms with E-state index in [4.69, 9.17) is 11.6 Å². The first-order chi connectivity index (χ1) is 17.9. The van der Waals surface area contributed by atoms with E-state index in [9.17, 15) is 9.50 Å². The van der Waals surface area contributed by atoms with E-state index in [1.165, 1.54) is 12.1 Å². The van der Waals surface area contributed by atoms with Crippen LogP contribution in [0.4, 0.5) is 10.1 Å². The van der Waals surface area contributed by atoms with Crippen molar-refractivity contribution in [2.75, 3.05) is 11.9 Å². The van der Waals surface area contributed by atoms with E-state index in [-0.39, 0.29) is 12.4 Å². The van der Waals surface area contributed by atoms with Gasteiger partial charge in [0, 0.05) is 20.7 Å². The zero-order valence-electron chi connectivity index (χ0n) is 19.7. The Balaban J connectivity index is 1.64. The molecule has 0 saturated heterocycles. The largest absolute Gasteiger partial charge is 0.381 e. The summed E-state index contributed by atoms with van der Waals surface area (Å²) in [6, 6.07) is 30.8. The predicted octanol–water partition coefficient (Wildman–Crippen LogP) is 6.90. The van der Waals surface area contributed by atoms with Gasteiger partial charge in [0.15, 0.2) is 5.60 Å². The molecule has 1 heterocycles. The second kappa shape index (κ2) is 10.8. The fourth-order valence-corrected chi connectivity index (χ4v) is 4.59. The summed E-state index contributed by atoms with van der Waals surface area (Å²) in [4.78, 5) is 0. The molecule has 0 aliphatic heterocycles. The molecule has 0 bridgehead atoms. The molecule has 1 atom stereocenters. The molecule has 37 heavy (non-hydrogen) atoms. The number of nitrogens with one attached hydrogen (secondary N) is 1. The average Bonchev–Trinajstić information content (AvgIpc) is 3.33. The van der Waals surface area contributed by atoms with Crippen LogP contribution in [0.25, 0.3) is 11.3 Å². The highest BCUT2D eigenvalue weighted by Crippen LogP contribution is 2.37. The molecule has 1 aromatic heterocycles. The third-order valence-electron chi connectivity index (χ3n) is 6.13. The number of hydrogen-bond acceptors (Lipinski definition) is 4. The standard InChI is InChI=1S/C29H23BrClFN4O/c30-23-10-6-21(7-11-23)27-28(34-35-36(27)18-20-4-2-1-3-5-20)29(37,22-8-12-24(31)13-9-22)19-33-26-16-14-25(32)15-17-26/h1-17,33,37H,18-19H2. The van der Waals surface area contributed by atoms with Crippen molar-refractivity contribution in [3.05, 3.63) is 135 Å². The summed E-state index contributed by atoms with van der Waals surface area (Å²) >= 11 is 9.66. The molecule has 2 N–H and O–H groups in total. The highest BCUT2D eigenvalue weighted by atomic mass is 79.9. The van der Waals surface area contributed by atoms with E-state index in [0.29, 0.717) is 34.2 Å². The van der Waals surface area contributed by atoms with Crippen LogP contribution >= 0.6 is 27.5 Å². The number of halogens is 3. The van der Waals surface area contributed by atoms with Gasteiger partial charge in [-0.2, -0.15) is 0 Å². The van der Waals surface area contributed by atoms with Crippen LogP contribution in [0.15, 0.2) is 108 Å². The summed E-state index contributed by atoms with van der Waals surface area (Å²) in [5.41, 5.74) is 2.66. The van der Waals surface area contributed by atoms with E-state index in [2.05, 4.69) is 31.6 Å². The molecule has 0 aliphatic carbocycles. The fourth-order valence-electron chi connectivity index (χ4n) is 4.20. The first-order valence-electron chi connectivity index (χ1n) is 11.6. The van der Waals surface area contributed by atoms with Crippen molar-refractivity contribution < 1.29 is 9.50 Å². The second-order valence-electron chi connectivity index (χ2n) is 8.66. The van der Waals surface area contributed by atoms with Crippen molar-refractivity contribution in [3.8, 4) is 11.3 Å². The maximum absolute atomic E-state index is 13.5. The Morgan fingerprint density at radius 1 is 0.892 bits per heavy atom. The normalized spacial score (nSPS) is 12.8. The monoisotopic (exact) mass is 576 g/mol. The molecular weight excluding hydrogens is 555 g/mol. The Labute approximate surface area is 227 Å². The molecule has 4 aromatic carbocycles. The predicted molar refractivity (Wildman–Crippen MR) is 148 cm³/mol. The minimum absolute atomic E-state index is 0.0633. The molecule has 5 nitrogen and oxygen atoms in total. The van der Waals surface area contributed by atoms with Crippen molar-refractivity contribution >= 4 is 33.2 Å². The second-order valence-corrected chi connectivity index (χ2v) is 10.0. The van der Waals surface area contributed by atoms with Crippen molar-refractivity contribution in [1.29, 1.82) is 0 Å². The summed E-state index contributed by atoms with van der Waals surface area (Å²) in [7, 11) is 0. The first-order valence-corrected chi connectivity index (χ1v) is 12.8. The van der Waals surface area contributed by atoms with Crippen LogP contribution in [0.5, 0.6) is 0 Å². The topological polar surface area (TPSA) is 63.0 Å². The van der Waals surface area contributed by atoms with Crippen molar-refractivity contribution in [1.82, 2.24) is 15.0 Å². The average molecular weight is 578 g/mol. The molecule has 8 heteroatoms. The van der Waals surface area contributed by atoms with E-state index in [1.54, 1.807) is 41.1 Å². The van der Waals surface area contributed by atoms with Gasteiger partial charge in [-0.1, -0.05) is 87.3 Å². The van der Waals surface area contributed by atoms with Gasteiger partial charge in [-0.25, -0.2) is 9.07 Å². The molecule has 5 aromatic rings. The maximum atomic E-state index is 13.5. The zero-order valence-corrected chi connectivity index (χ0v) is 22.0. The van der Waals surface area contributed by atoms with Crippen LogP contribution in [0.1, 0.15) is 16.8 Å². The van der Waals surface area contributed by atoms with Gasteiger partial charge in [0.05, 0.1) is 18.8 Å². The van der Waals surface area contributed by atoms with Gasteiger partial charge < -0.3 is 10.4 Å². The van der Waals surface area contributed by atoms with Gasteiger partial charge in [-0.05, 0) is 59.7 Å². The van der Waals surface area contributed by atoms with Gasteiger partial charge in [-0.15, -0.1) is 5.10 Å². The molecule has 0 radical (unpaired) electrons. The Kier molecular flexibility index (Phi) is 7.37. The van der Waals surface area contributed by atoms with Crippen molar-refractivity contribution in [2.45, 2.75) is 12.1 Å². The molecule has 0 fully saturated rings. The fraction of sp³-hybridized carbons (Fsp3) is 0.103. The van der Waals surface area contributed by atoms with Gasteiger partial charge in [-0.3, -0.25) is 0 Å². The van der Waals surface area contributed by atoms with Crippen LogP contribution in [-0.2, 0) is 12.1 Å². The minimum Gasteiger partial charge on any atom is -0.381 e. The third-order valence-corrected chi connectivity index (χ3v) is 6.91. The number of aliphatic hydroxyl groups is 1. The number of anilines is 1. The maximum Gasteiger partial charge on any atom is 0.153 e. The summed E-state index contributed by atoms with van der Waals surface area (Å²) in [5, 5.41) is 25.1. The lowest BCUT2D eigenvalue weighted by Gasteiger charge is -2.29. The number of benzene rings is 4. The summed E-state index contributed by atoms with van der Waals surface area (Å²) < 4.78 is 16.2. The molecule has 0 amide bonds. The lowest BCUT2D eigenvalue weighted by Crippen LogP contribution is -2.36. The van der Waals surface area contributed by atoms with Gasteiger partial charge in [0.2, 0.25) is 0 Å². The number of aromatic nitrogens is 3.